The van der Waals surface area contributed by atoms with Gasteiger partial charge in [-0.25, -0.2) is 4.79 Å². The van der Waals surface area contributed by atoms with Crippen molar-refractivity contribution in [1.29, 1.82) is 5.26 Å². The molecule has 0 radical (unpaired) electrons. The lowest BCUT2D eigenvalue weighted by molar-refractivity contribution is -0.145. The number of hydrogen-bond donors (Lipinski definition) is 1. The van der Waals surface area contributed by atoms with Crippen LogP contribution in [0.1, 0.15) is 19.8 Å². The Kier molecular flexibility index (Phi) is 3.50. The average molecular weight is 212 g/mol. The van der Waals surface area contributed by atoms with E-state index in [0.717, 1.165) is 4.90 Å². The van der Waals surface area contributed by atoms with Crippen molar-refractivity contribution in [2.45, 2.75) is 31.9 Å². The van der Waals surface area contributed by atoms with Gasteiger partial charge in [0.2, 0.25) is 6.10 Å². The van der Waals surface area contributed by atoms with Crippen LogP contribution in [0.2, 0.25) is 0 Å². The standard InChI is InChI=1S/C9H12N2O4/c1-6(12)15-8(5-10)7-3-2-4-11(7)9(13)14/h7-8H,2-4H2,1H3,(H,13,14). The van der Waals surface area contributed by atoms with E-state index in [0.29, 0.717) is 19.4 Å². The third-order valence-electron chi connectivity index (χ3n) is 2.31. The van der Waals surface area contributed by atoms with Crippen LogP contribution in [0.15, 0.2) is 0 Å². The van der Waals surface area contributed by atoms with Gasteiger partial charge in [-0.05, 0) is 12.8 Å². The summed E-state index contributed by atoms with van der Waals surface area (Å²) in [7, 11) is 0. The summed E-state index contributed by atoms with van der Waals surface area (Å²) in [5.41, 5.74) is 0. The molecule has 0 bridgehead atoms. The first-order valence-electron chi connectivity index (χ1n) is 4.62. The quantitative estimate of drug-likeness (QED) is 0.676. The maximum atomic E-state index is 10.8. The molecule has 1 amide bonds. The molecule has 6 heteroatoms. The normalized spacial score (nSPS) is 21.9. The van der Waals surface area contributed by atoms with Crippen molar-refractivity contribution in [3.8, 4) is 6.07 Å². The summed E-state index contributed by atoms with van der Waals surface area (Å²) in [6.45, 7) is 1.59. The fraction of sp³-hybridized carbons (Fsp3) is 0.667. The average Bonchev–Trinajstić information content (AvgIpc) is 2.62. The zero-order valence-corrected chi connectivity index (χ0v) is 8.34. The summed E-state index contributed by atoms with van der Waals surface area (Å²) >= 11 is 0. The van der Waals surface area contributed by atoms with Crippen molar-refractivity contribution < 1.29 is 19.4 Å². The van der Waals surface area contributed by atoms with Crippen molar-refractivity contribution in [2.75, 3.05) is 6.54 Å². The topological polar surface area (TPSA) is 90.6 Å². The molecule has 0 aliphatic carbocycles. The van der Waals surface area contributed by atoms with Gasteiger partial charge in [-0.2, -0.15) is 5.26 Å². The number of amides is 1. The Bertz CT molecular complexity index is 310. The number of likely N-dealkylation sites (tertiary alicyclic amines) is 1. The maximum Gasteiger partial charge on any atom is 0.407 e. The van der Waals surface area contributed by atoms with E-state index in [9.17, 15) is 9.59 Å². The minimum Gasteiger partial charge on any atom is -0.465 e. The molecule has 1 aliphatic heterocycles. The number of esters is 1. The van der Waals surface area contributed by atoms with Crippen molar-refractivity contribution in [1.82, 2.24) is 4.90 Å². The van der Waals surface area contributed by atoms with E-state index in [4.69, 9.17) is 15.1 Å². The van der Waals surface area contributed by atoms with Gasteiger partial charge < -0.3 is 14.7 Å². The maximum absolute atomic E-state index is 10.8. The Morgan fingerprint density at radius 3 is 2.80 bits per heavy atom. The van der Waals surface area contributed by atoms with Crippen molar-refractivity contribution in [3.63, 3.8) is 0 Å². The van der Waals surface area contributed by atoms with Crippen LogP contribution in [-0.4, -0.2) is 40.8 Å². The van der Waals surface area contributed by atoms with Crippen molar-refractivity contribution >= 4 is 12.1 Å². The van der Waals surface area contributed by atoms with Crippen LogP contribution in [0.3, 0.4) is 0 Å². The third-order valence-corrected chi connectivity index (χ3v) is 2.31. The Balaban J connectivity index is 2.71. The molecule has 82 valence electrons. The smallest absolute Gasteiger partial charge is 0.407 e. The fourth-order valence-electron chi connectivity index (χ4n) is 1.71. The molecule has 15 heavy (non-hydrogen) atoms. The first-order valence-corrected chi connectivity index (χ1v) is 4.62. The molecule has 2 atom stereocenters. The van der Waals surface area contributed by atoms with Gasteiger partial charge in [-0.3, -0.25) is 4.79 Å². The molecule has 1 rings (SSSR count). The first kappa shape index (κ1) is 11.3. The lowest BCUT2D eigenvalue weighted by Gasteiger charge is -2.24. The summed E-state index contributed by atoms with van der Waals surface area (Å²) in [5, 5.41) is 17.6. The van der Waals surface area contributed by atoms with Crippen LogP contribution in [0.5, 0.6) is 0 Å². The predicted octanol–water partition coefficient (Wildman–Crippen LogP) is 0.584. The van der Waals surface area contributed by atoms with Crippen LogP contribution in [0, 0.1) is 11.3 Å². The highest BCUT2D eigenvalue weighted by atomic mass is 16.5. The lowest BCUT2D eigenvalue weighted by Crippen LogP contribution is -2.43. The molecule has 0 aromatic carbocycles. The molecule has 1 heterocycles. The summed E-state index contributed by atoms with van der Waals surface area (Å²) in [6.07, 6.45) is -0.834. The molecule has 0 spiro atoms. The highest BCUT2D eigenvalue weighted by Gasteiger charge is 2.36. The van der Waals surface area contributed by atoms with Gasteiger partial charge in [0.15, 0.2) is 0 Å². The number of nitrogens with zero attached hydrogens (tertiary/aromatic N) is 2. The molecule has 0 aromatic rings. The second-order valence-electron chi connectivity index (χ2n) is 3.34. The predicted molar refractivity (Wildman–Crippen MR) is 48.9 cm³/mol. The monoisotopic (exact) mass is 212 g/mol. The second-order valence-corrected chi connectivity index (χ2v) is 3.34. The summed E-state index contributed by atoms with van der Waals surface area (Å²) < 4.78 is 4.76. The van der Waals surface area contributed by atoms with E-state index in [-0.39, 0.29) is 0 Å². The number of ether oxygens (including phenoxy) is 1. The number of carboxylic acid groups (broad SMARTS) is 1. The van der Waals surface area contributed by atoms with Gasteiger partial charge in [0.05, 0.1) is 6.04 Å². The van der Waals surface area contributed by atoms with Gasteiger partial charge >= 0.3 is 12.1 Å². The Morgan fingerprint density at radius 1 is 1.67 bits per heavy atom. The van der Waals surface area contributed by atoms with E-state index < -0.39 is 24.2 Å². The number of hydrogen-bond acceptors (Lipinski definition) is 4. The number of rotatable bonds is 2. The Hall–Kier alpha value is -1.77. The molecule has 1 saturated heterocycles. The van der Waals surface area contributed by atoms with Crippen LogP contribution >= 0.6 is 0 Å². The molecule has 1 N–H and O–H groups in total. The molecule has 2 unspecified atom stereocenters. The van der Waals surface area contributed by atoms with E-state index in [2.05, 4.69) is 0 Å². The fourth-order valence-corrected chi connectivity index (χ4v) is 1.71. The molecular weight excluding hydrogens is 200 g/mol. The summed E-state index contributed by atoms with van der Waals surface area (Å²) in [5.74, 6) is -0.571. The molecule has 6 nitrogen and oxygen atoms in total. The lowest BCUT2D eigenvalue weighted by atomic mass is 10.1. The molecule has 1 fully saturated rings. The second kappa shape index (κ2) is 4.64. The van der Waals surface area contributed by atoms with Crippen LogP contribution in [0.25, 0.3) is 0 Å². The van der Waals surface area contributed by atoms with Crippen LogP contribution in [-0.2, 0) is 9.53 Å². The van der Waals surface area contributed by atoms with Gasteiger partial charge in [0.25, 0.3) is 0 Å². The number of nitriles is 1. The highest BCUT2D eigenvalue weighted by Crippen LogP contribution is 2.21. The van der Waals surface area contributed by atoms with Crippen LogP contribution < -0.4 is 0 Å². The van der Waals surface area contributed by atoms with Gasteiger partial charge in [-0.1, -0.05) is 0 Å². The summed E-state index contributed by atoms with van der Waals surface area (Å²) in [4.78, 5) is 22.7. The van der Waals surface area contributed by atoms with Gasteiger partial charge in [0, 0.05) is 13.5 Å². The first-order chi connectivity index (χ1) is 7.06. The third kappa shape index (κ3) is 2.59. The highest BCUT2D eigenvalue weighted by molar-refractivity contribution is 5.68. The Labute approximate surface area is 87.0 Å². The van der Waals surface area contributed by atoms with E-state index >= 15 is 0 Å². The largest absolute Gasteiger partial charge is 0.465 e. The number of carbonyl (C=O) groups excluding carboxylic acids is 1. The summed E-state index contributed by atoms with van der Waals surface area (Å²) in [6, 6.07) is 1.28. The van der Waals surface area contributed by atoms with E-state index in [1.165, 1.54) is 6.92 Å². The SMILES string of the molecule is CC(=O)OC(C#N)C1CCCN1C(=O)O. The molecular formula is C9H12N2O4. The van der Waals surface area contributed by atoms with Crippen LogP contribution in [0.4, 0.5) is 4.79 Å². The van der Waals surface area contributed by atoms with Crippen molar-refractivity contribution in [2.24, 2.45) is 0 Å². The van der Waals surface area contributed by atoms with E-state index in [1.54, 1.807) is 0 Å². The zero-order valence-electron chi connectivity index (χ0n) is 8.34. The molecule has 0 saturated carbocycles. The molecule has 0 aromatic heterocycles. The van der Waals surface area contributed by atoms with Gasteiger partial charge in [0.1, 0.15) is 6.07 Å². The Morgan fingerprint density at radius 2 is 2.33 bits per heavy atom. The van der Waals surface area contributed by atoms with Gasteiger partial charge in [-0.15, -0.1) is 0 Å². The minimum atomic E-state index is -1.08. The zero-order chi connectivity index (χ0) is 11.4. The van der Waals surface area contributed by atoms with E-state index in [1.807, 2.05) is 6.07 Å². The minimum absolute atomic E-state index is 0.388. The van der Waals surface area contributed by atoms with Crippen molar-refractivity contribution in [3.05, 3.63) is 0 Å². The number of carbonyl (C=O) groups is 2. The molecule has 1 aliphatic rings.